The summed E-state index contributed by atoms with van der Waals surface area (Å²) in [5.74, 6) is 0.654. The zero-order valence-electron chi connectivity index (χ0n) is 13.5. The number of aromatic amines is 1. The zero-order valence-corrected chi connectivity index (χ0v) is 15.2. The van der Waals surface area contributed by atoms with E-state index in [1.807, 2.05) is 48.1 Å². The van der Waals surface area contributed by atoms with Crippen molar-refractivity contribution in [1.29, 1.82) is 0 Å². The van der Waals surface area contributed by atoms with Crippen molar-refractivity contribution >= 4 is 32.9 Å². The third kappa shape index (κ3) is 3.26. The molecule has 0 fully saturated rings. The number of nitrogens with zero attached hydrogens (tertiary/aromatic N) is 2. The van der Waals surface area contributed by atoms with Gasteiger partial charge in [-0.2, -0.15) is 0 Å². The minimum Gasteiger partial charge on any atom is -0.309 e. The molecule has 0 saturated carbocycles. The van der Waals surface area contributed by atoms with Gasteiger partial charge in [0.1, 0.15) is 10.7 Å². The van der Waals surface area contributed by atoms with Crippen LogP contribution < -0.4 is 10.9 Å². The van der Waals surface area contributed by atoms with E-state index in [1.54, 1.807) is 17.5 Å². The highest BCUT2D eigenvalue weighted by Gasteiger charge is 2.16. The minimum absolute atomic E-state index is 0.0652. The average Bonchev–Trinajstić information content (AvgIpc) is 3.29. The molecule has 7 heteroatoms. The van der Waals surface area contributed by atoms with Gasteiger partial charge in [-0.3, -0.25) is 9.78 Å². The monoisotopic (exact) mass is 368 g/mol. The van der Waals surface area contributed by atoms with Crippen molar-refractivity contribution in [3.8, 4) is 10.4 Å². The van der Waals surface area contributed by atoms with Crippen LogP contribution in [-0.4, -0.2) is 15.0 Å². The number of hydrogen-bond acceptors (Lipinski definition) is 6. The number of pyridine rings is 1. The lowest BCUT2D eigenvalue weighted by Gasteiger charge is -2.13. The summed E-state index contributed by atoms with van der Waals surface area (Å²) < 4.78 is 0. The van der Waals surface area contributed by atoms with Crippen LogP contribution in [0.4, 0.5) is 0 Å². The highest BCUT2D eigenvalue weighted by atomic mass is 32.1. The van der Waals surface area contributed by atoms with Crippen LogP contribution in [0.1, 0.15) is 24.4 Å². The summed E-state index contributed by atoms with van der Waals surface area (Å²) >= 11 is 3.14. The Hall–Kier alpha value is -2.35. The average molecular weight is 368 g/mol. The van der Waals surface area contributed by atoms with Crippen molar-refractivity contribution in [3.63, 3.8) is 0 Å². The first-order valence-electron chi connectivity index (χ1n) is 7.90. The third-order valence-electron chi connectivity index (χ3n) is 3.99. The van der Waals surface area contributed by atoms with Gasteiger partial charge < -0.3 is 10.3 Å². The summed E-state index contributed by atoms with van der Waals surface area (Å²) in [7, 11) is 0. The summed E-state index contributed by atoms with van der Waals surface area (Å²) in [5.41, 5.74) is 1.97. The maximum absolute atomic E-state index is 12.6. The van der Waals surface area contributed by atoms with Gasteiger partial charge in [0.2, 0.25) is 0 Å². The van der Waals surface area contributed by atoms with E-state index in [4.69, 9.17) is 0 Å². The summed E-state index contributed by atoms with van der Waals surface area (Å²) in [6, 6.07) is 7.87. The topological polar surface area (TPSA) is 70.7 Å². The first-order chi connectivity index (χ1) is 12.2. The molecule has 25 heavy (non-hydrogen) atoms. The van der Waals surface area contributed by atoms with Crippen molar-refractivity contribution in [1.82, 2.24) is 20.3 Å². The fourth-order valence-corrected chi connectivity index (χ4v) is 4.42. The van der Waals surface area contributed by atoms with Gasteiger partial charge in [0.15, 0.2) is 0 Å². The molecule has 0 unspecified atom stereocenters. The lowest BCUT2D eigenvalue weighted by atomic mass is 10.2. The minimum atomic E-state index is -0.0836. The highest BCUT2D eigenvalue weighted by molar-refractivity contribution is 7.18. The van der Waals surface area contributed by atoms with E-state index >= 15 is 0 Å². The van der Waals surface area contributed by atoms with Crippen LogP contribution in [0.2, 0.25) is 0 Å². The van der Waals surface area contributed by atoms with Crippen molar-refractivity contribution in [2.75, 3.05) is 0 Å². The lowest BCUT2D eigenvalue weighted by molar-refractivity contribution is 0.546. The number of thiophene rings is 2. The molecule has 0 aliphatic carbocycles. The summed E-state index contributed by atoms with van der Waals surface area (Å²) in [4.78, 5) is 26.2. The fraction of sp³-hybridized carbons (Fsp3) is 0.167. The predicted molar refractivity (Wildman–Crippen MR) is 103 cm³/mol. The van der Waals surface area contributed by atoms with Crippen molar-refractivity contribution < 1.29 is 0 Å². The molecule has 4 rings (SSSR count). The largest absolute Gasteiger partial charge is 0.309 e. The molecule has 126 valence electrons. The molecule has 0 radical (unpaired) electrons. The maximum atomic E-state index is 12.6. The molecule has 0 aliphatic heterocycles. The van der Waals surface area contributed by atoms with Crippen LogP contribution >= 0.6 is 22.7 Å². The van der Waals surface area contributed by atoms with E-state index in [0.29, 0.717) is 17.8 Å². The first kappa shape index (κ1) is 16.1. The van der Waals surface area contributed by atoms with Crippen molar-refractivity contribution in [2.45, 2.75) is 19.5 Å². The Bertz CT molecular complexity index is 1040. The van der Waals surface area contributed by atoms with Crippen molar-refractivity contribution in [2.24, 2.45) is 0 Å². The van der Waals surface area contributed by atoms with E-state index in [1.165, 1.54) is 11.3 Å². The van der Waals surface area contributed by atoms with Crippen LogP contribution in [0.3, 0.4) is 0 Å². The number of hydrogen-bond donors (Lipinski definition) is 2. The second-order valence-corrected chi connectivity index (χ2v) is 7.53. The molecule has 4 aromatic heterocycles. The highest BCUT2D eigenvalue weighted by Crippen LogP contribution is 2.33. The van der Waals surface area contributed by atoms with Gasteiger partial charge in [0.25, 0.3) is 5.56 Å². The fourth-order valence-electron chi connectivity index (χ4n) is 2.65. The Kier molecular flexibility index (Phi) is 4.44. The molecular formula is C18H16N4OS2. The summed E-state index contributed by atoms with van der Waals surface area (Å²) in [6.45, 7) is 2.66. The summed E-state index contributed by atoms with van der Waals surface area (Å²) in [5, 5.41) is 8.08. The normalized spacial score (nSPS) is 12.5. The smallest absolute Gasteiger partial charge is 0.260 e. The van der Waals surface area contributed by atoms with Crippen LogP contribution in [0.5, 0.6) is 0 Å². The van der Waals surface area contributed by atoms with E-state index < -0.39 is 0 Å². The van der Waals surface area contributed by atoms with Gasteiger partial charge >= 0.3 is 0 Å². The van der Waals surface area contributed by atoms with Gasteiger partial charge in [-0.05, 0) is 30.0 Å². The van der Waals surface area contributed by atoms with E-state index in [-0.39, 0.29) is 11.6 Å². The van der Waals surface area contributed by atoms with E-state index in [2.05, 4.69) is 20.3 Å². The number of rotatable bonds is 5. The second-order valence-electron chi connectivity index (χ2n) is 5.72. The Labute approximate surface area is 152 Å². The number of aromatic nitrogens is 3. The van der Waals surface area contributed by atoms with Crippen molar-refractivity contribution in [3.05, 3.63) is 69.2 Å². The SMILES string of the molecule is C[C@H](NCc1cccnc1)c1nc2scc(-c3cccs3)c2c(=O)[nH]1. The van der Waals surface area contributed by atoms with Gasteiger partial charge in [0, 0.05) is 34.8 Å². The molecule has 1 atom stereocenters. The number of fused-ring (bicyclic) bond motifs is 1. The van der Waals surface area contributed by atoms with Gasteiger partial charge in [-0.25, -0.2) is 4.98 Å². The van der Waals surface area contributed by atoms with Crippen LogP contribution in [0.15, 0.2) is 52.2 Å². The standard InChI is InChI=1S/C18H16N4OS2/c1-11(20-9-12-4-2-6-19-8-12)16-21-17(23)15-13(10-25-18(15)22-16)14-5-3-7-24-14/h2-8,10-11,20H,9H2,1H3,(H,21,22,23)/t11-/m0/s1. The summed E-state index contributed by atoms with van der Waals surface area (Å²) in [6.07, 6.45) is 3.58. The molecule has 0 aliphatic rings. The Morgan fingerprint density at radius 3 is 2.96 bits per heavy atom. The third-order valence-corrected chi connectivity index (χ3v) is 5.77. The quantitative estimate of drug-likeness (QED) is 0.559. The number of H-pyrrole nitrogens is 1. The predicted octanol–water partition coefficient (Wildman–Crippen LogP) is 3.96. The van der Waals surface area contributed by atoms with E-state index in [9.17, 15) is 4.79 Å². The molecule has 4 aromatic rings. The molecular weight excluding hydrogens is 352 g/mol. The Morgan fingerprint density at radius 1 is 1.28 bits per heavy atom. The molecule has 0 spiro atoms. The Balaban J connectivity index is 1.62. The van der Waals surface area contributed by atoms with Gasteiger partial charge in [0.05, 0.1) is 11.4 Å². The van der Waals surface area contributed by atoms with E-state index in [0.717, 1.165) is 20.8 Å². The molecule has 0 saturated heterocycles. The first-order valence-corrected chi connectivity index (χ1v) is 9.66. The molecule has 2 N–H and O–H groups in total. The molecule has 4 heterocycles. The molecule has 0 amide bonds. The van der Waals surface area contributed by atoms with Crippen LogP contribution in [0, 0.1) is 0 Å². The molecule has 0 bridgehead atoms. The van der Waals surface area contributed by atoms with Crippen LogP contribution in [0.25, 0.3) is 20.7 Å². The second kappa shape index (κ2) is 6.87. The zero-order chi connectivity index (χ0) is 17.2. The van der Waals surface area contributed by atoms with Gasteiger partial charge in [-0.15, -0.1) is 22.7 Å². The molecule has 5 nitrogen and oxygen atoms in total. The van der Waals surface area contributed by atoms with Crippen LogP contribution in [-0.2, 0) is 6.54 Å². The van der Waals surface area contributed by atoms with Gasteiger partial charge in [-0.1, -0.05) is 12.1 Å². The maximum Gasteiger partial charge on any atom is 0.260 e. The lowest BCUT2D eigenvalue weighted by Crippen LogP contribution is -2.23. The Morgan fingerprint density at radius 2 is 2.20 bits per heavy atom. The molecule has 0 aromatic carbocycles. The number of nitrogens with one attached hydrogen (secondary N) is 2.